The van der Waals surface area contributed by atoms with Crippen LogP contribution in [0.4, 0.5) is 11.4 Å². The summed E-state index contributed by atoms with van der Waals surface area (Å²) in [6.45, 7) is 4.61. The molecule has 5 nitrogen and oxygen atoms in total. The summed E-state index contributed by atoms with van der Waals surface area (Å²) in [7, 11) is -3.75. The summed E-state index contributed by atoms with van der Waals surface area (Å²) in [6.07, 6.45) is 2.06. The summed E-state index contributed by atoms with van der Waals surface area (Å²) in [6, 6.07) is 3.12. The van der Waals surface area contributed by atoms with Gasteiger partial charge in [-0.2, -0.15) is 11.8 Å². The molecule has 0 aliphatic heterocycles. The normalized spacial score (nSPS) is 13.3. The standard InChI is InChI=1S/C12H21N3O2S2/c1-8(7-18-3)6-15-11-4-10(13)5-12(9(11)2)19(14,16)17/h4-5,8,15H,6-7,13H2,1-3H3,(H2,14,16,17). The highest BCUT2D eigenvalue weighted by molar-refractivity contribution is 7.98. The van der Waals surface area contributed by atoms with E-state index in [9.17, 15) is 8.42 Å². The van der Waals surface area contributed by atoms with E-state index < -0.39 is 10.0 Å². The monoisotopic (exact) mass is 303 g/mol. The van der Waals surface area contributed by atoms with Crippen molar-refractivity contribution in [2.24, 2.45) is 11.1 Å². The van der Waals surface area contributed by atoms with E-state index in [1.165, 1.54) is 6.07 Å². The Labute approximate surface area is 119 Å². The molecule has 108 valence electrons. The Morgan fingerprint density at radius 3 is 2.58 bits per heavy atom. The quantitative estimate of drug-likeness (QED) is 0.694. The highest BCUT2D eigenvalue weighted by Gasteiger charge is 2.15. The molecule has 0 spiro atoms. The Morgan fingerprint density at radius 1 is 1.42 bits per heavy atom. The van der Waals surface area contributed by atoms with Crippen molar-refractivity contribution >= 4 is 33.2 Å². The van der Waals surface area contributed by atoms with Crippen LogP contribution in [0.15, 0.2) is 17.0 Å². The van der Waals surface area contributed by atoms with Gasteiger partial charge in [-0.3, -0.25) is 0 Å². The Balaban J connectivity index is 2.99. The molecular weight excluding hydrogens is 282 g/mol. The maximum atomic E-state index is 11.5. The average molecular weight is 303 g/mol. The van der Waals surface area contributed by atoms with E-state index in [0.717, 1.165) is 18.0 Å². The van der Waals surface area contributed by atoms with Gasteiger partial charge >= 0.3 is 0 Å². The van der Waals surface area contributed by atoms with Crippen molar-refractivity contribution in [2.45, 2.75) is 18.7 Å². The summed E-state index contributed by atoms with van der Waals surface area (Å²) in [4.78, 5) is 0.0764. The molecular formula is C12H21N3O2S2. The molecule has 0 radical (unpaired) electrons. The first kappa shape index (κ1) is 16.1. The molecule has 1 aromatic rings. The molecule has 0 bridgehead atoms. The Kier molecular flexibility index (Phi) is 5.51. The second kappa shape index (κ2) is 6.49. The van der Waals surface area contributed by atoms with E-state index in [1.807, 2.05) is 0 Å². The third kappa shape index (κ3) is 4.59. The van der Waals surface area contributed by atoms with E-state index in [1.54, 1.807) is 24.8 Å². The van der Waals surface area contributed by atoms with Gasteiger partial charge in [0.1, 0.15) is 0 Å². The average Bonchev–Trinajstić information content (AvgIpc) is 2.28. The minimum Gasteiger partial charge on any atom is -0.399 e. The minimum absolute atomic E-state index is 0.0764. The van der Waals surface area contributed by atoms with Gasteiger partial charge in [-0.05, 0) is 42.5 Å². The zero-order chi connectivity index (χ0) is 14.6. The zero-order valence-corrected chi connectivity index (χ0v) is 13.1. The van der Waals surface area contributed by atoms with Gasteiger partial charge in [-0.15, -0.1) is 0 Å². The van der Waals surface area contributed by atoms with Gasteiger partial charge < -0.3 is 11.1 Å². The number of hydrogen-bond donors (Lipinski definition) is 3. The minimum atomic E-state index is -3.75. The van der Waals surface area contributed by atoms with Crippen molar-refractivity contribution in [1.82, 2.24) is 0 Å². The third-order valence-corrected chi connectivity index (χ3v) is 4.72. The maximum absolute atomic E-state index is 11.5. The Morgan fingerprint density at radius 2 is 2.05 bits per heavy atom. The molecule has 0 aliphatic rings. The second-order valence-corrected chi connectivity index (χ2v) is 7.12. The largest absolute Gasteiger partial charge is 0.399 e. The molecule has 0 aliphatic carbocycles. The van der Waals surface area contributed by atoms with E-state index in [-0.39, 0.29) is 4.90 Å². The highest BCUT2D eigenvalue weighted by atomic mass is 32.2. The molecule has 0 heterocycles. The molecule has 1 aromatic carbocycles. The molecule has 0 aromatic heterocycles. The fourth-order valence-corrected chi connectivity index (χ4v) is 3.34. The summed E-state index contributed by atoms with van der Waals surface area (Å²) in [5, 5.41) is 8.42. The first-order valence-corrected chi connectivity index (χ1v) is 8.85. The van der Waals surface area contributed by atoms with Gasteiger partial charge in [0.2, 0.25) is 10.0 Å². The van der Waals surface area contributed by atoms with Crippen molar-refractivity contribution in [3.05, 3.63) is 17.7 Å². The number of thioether (sulfide) groups is 1. The van der Waals surface area contributed by atoms with Crippen molar-refractivity contribution in [1.29, 1.82) is 0 Å². The summed E-state index contributed by atoms with van der Waals surface area (Å²) in [5.41, 5.74) is 7.43. The van der Waals surface area contributed by atoms with E-state index >= 15 is 0 Å². The van der Waals surface area contributed by atoms with Crippen LogP contribution in [0.5, 0.6) is 0 Å². The van der Waals surface area contributed by atoms with Crippen LogP contribution in [0.1, 0.15) is 12.5 Å². The van der Waals surface area contributed by atoms with Gasteiger partial charge in [-0.25, -0.2) is 13.6 Å². The third-order valence-electron chi connectivity index (χ3n) is 2.78. The molecule has 1 unspecified atom stereocenters. The lowest BCUT2D eigenvalue weighted by Crippen LogP contribution is -2.17. The number of sulfonamides is 1. The van der Waals surface area contributed by atoms with Gasteiger partial charge in [0.25, 0.3) is 0 Å². The highest BCUT2D eigenvalue weighted by Crippen LogP contribution is 2.26. The van der Waals surface area contributed by atoms with Crippen LogP contribution in [0.25, 0.3) is 0 Å². The molecule has 0 saturated carbocycles. The molecule has 1 rings (SSSR count). The van der Waals surface area contributed by atoms with Crippen molar-refractivity contribution in [2.75, 3.05) is 29.6 Å². The van der Waals surface area contributed by atoms with Crippen molar-refractivity contribution in [3.8, 4) is 0 Å². The summed E-state index contributed by atoms with van der Waals surface area (Å²) in [5.74, 6) is 1.52. The predicted molar refractivity (Wildman–Crippen MR) is 83.0 cm³/mol. The first-order chi connectivity index (χ1) is 8.75. The number of benzene rings is 1. The molecule has 0 fully saturated rings. The number of hydrogen-bond acceptors (Lipinski definition) is 5. The van der Waals surface area contributed by atoms with Crippen LogP contribution in [0, 0.1) is 12.8 Å². The molecule has 5 N–H and O–H groups in total. The van der Waals surface area contributed by atoms with Gasteiger partial charge in [0.05, 0.1) is 4.90 Å². The number of primary sulfonamides is 1. The second-order valence-electron chi connectivity index (χ2n) is 4.68. The molecule has 7 heteroatoms. The molecule has 0 amide bonds. The van der Waals surface area contributed by atoms with Gasteiger partial charge in [0, 0.05) is 17.9 Å². The fraction of sp³-hybridized carbons (Fsp3) is 0.500. The lowest BCUT2D eigenvalue weighted by atomic mass is 10.1. The number of nitrogens with one attached hydrogen (secondary N) is 1. The number of nitrogen functional groups attached to an aromatic ring is 1. The number of rotatable bonds is 6. The zero-order valence-electron chi connectivity index (χ0n) is 11.4. The first-order valence-electron chi connectivity index (χ1n) is 5.91. The Hall–Kier alpha value is -0.920. The van der Waals surface area contributed by atoms with Crippen LogP contribution in [0.3, 0.4) is 0 Å². The van der Waals surface area contributed by atoms with Crippen LogP contribution in [-0.2, 0) is 10.0 Å². The number of anilines is 2. The lowest BCUT2D eigenvalue weighted by Gasteiger charge is -2.16. The molecule has 1 atom stereocenters. The maximum Gasteiger partial charge on any atom is 0.238 e. The predicted octanol–water partition coefficient (Wildman–Crippen LogP) is 1.64. The fourth-order valence-electron chi connectivity index (χ4n) is 1.82. The number of nitrogens with two attached hydrogens (primary N) is 2. The Bertz CT molecular complexity index is 544. The van der Waals surface area contributed by atoms with Crippen molar-refractivity contribution in [3.63, 3.8) is 0 Å². The topological polar surface area (TPSA) is 98.2 Å². The summed E-state index contributed by atoms with van der Waals surface area (Å²) < 4.78 is 23.0. The van der Waals surface area contributed by atoms with Crippen LogP contribution >= 0.6 is 11.8 Å². The SMILES string of the molecule is CSCC(C)CNc1cc(N)cc(S(N)(=O)=O)c1C. The van der Waals surface area contributed by atoms with E-state index in [2.05, 4.69) is 18.5 Å². The van der Waals surface area contributed by atoms with E-state index in [4.69, 9.17) is 10.9 Å². The van der Waals surface area contributed by atoms with Crippen LogP contribution in [0.2, 0.25) is 0 Å². The van der Waals surface area contributed by atoms with Gasteiger partial charge in [0.15, 0.2) is 0 Å². The summed E-state index contributed by atoms with van der Waals surface area (Å²) >= 11 is 1.78. The smallest absolute Gasteiger partial charge is 0.238 e. The lowest BCUT2D eigenvalue weighted by molar-refractivity contribution is 0.597. The van der Waals surface area contributed by atoms with Crippen LogP contribution in [-0.4, -0.2) is 27.0 Å². The van der Waals surface area contributed by atoms with Crippen molar-refractivity contribution < 1.29 is 8.42 Å². The van der Waals surface area contributed by atoms with Gasteiger partial charge in [-0.1, -0.05) is 6.92 Å². The molecule has 0 saturated heterocycles. The van der Waals surface area contributed by atoms with E-state index in [0.29, 0.717) is 17.2 Å². The van der Waals surface area contributed by atoms with Crippen LogP contribution < -0.4 is 16.2 Å². The molecule has 19 heavy (non-hydrogen) atoms.